The van der Waals surface area contributed by atoms with Gasteiger partial charge < -0.3 is 5.32 Å². The Bertz CT molecular complexity index is 318. The lowest BCUT2D eigenvalue weighted by molar-refractivity contribution is -0.134. The smallest absolute Gasteiger partial charge is 0.233 e. The monoisotopic (exact) mass is 207 g/mol. The van der Waals surface area contributed by atoms with Gasteiger partial charge in [-0.1, -0.05) is 0 Å². The Morgan fingerprint density at radius 3 is 2.53 bits per heavy atom. The van der Waals surface area contributed by atoms with Gasteiger partial charge in [-0.3, -0.25) is 9.59 Å². The lowest BCUT2D eigenvalue weighted by Crippen LogP contribution is -2.36. The molecule has 1 N–H and O–H groups in total. The Morgan fingerprint density at radius 1 is 1.40 bits per heavy atom. The van der Waals surface area contributed by atoms with E-state index >= 15 is 0 Å². The molecule has 0 aromatic carbocycles. The van der Waals surface area contributed by atoms with E-state index in [2.05, 4.69) is 17.2 Å². The van der Waals surface area contributed by atoms with Crippen LogP contribution in [0.1, 0.15) is 39.5 Å². The van der Waals surface area contributed by atoms with Crippen molar-refractivity contribution < 1.29 is 9.59 Å². The molecule has 0 aromatic rings. The van der Waals surface area contributed by atoms with Crippen molar-refractivity contribution in [1.29, 1.82) is 0 Å². The van der Waals surface area contributed by atoms with Crippen molar-refractivity contribution in [3.63, 3.8) is 0 Å². The lowest BCUT2D eigenvalue weighted by Gasteiger charge is -2.11. The Labute approximate surface area is 90.6 Å². The summed E-state index contributed by atoms with van der Waals surface area (Å²) in [5.41, 5.74) is -0.670. The topological polar surface area (TPSA) is 46.2 Å². The number of unbranched alkanes of at least 4 members (excludes halogenated alkanes) is 1. The SMILES string of the molecule is CC#CCCCNC(=O)C1(C(C)=O)CC1. The number of Topliss-reactive ketones (excluding diaryl/α,β-unsaturated/α-hetero) is 1. The van der Waals surface area contributed by atoms with E-state index in [-0.39, 0.29) is 11.7 Å². The van der Waals surface area contributed by atoms with Crippen molar-refractivity contribution in [3.8, 4) is 11.8 Å². The van der Waals surface area contributed by atoms with Crippen molar-refractivity contribution in [2.24, 2.45) is 5.41 Å². The number of ketones is 1. The van der Waals surface area contributed by atoms with Crippen LogP contribution in [-0.4, -0.2) is 18.2 Å². The molecule has 1 aliphatic rings. The highest BCUT2D eigenvalue weighted by atomic mass is 16.2. The first-order valence-electron chi connectivity index (χ1n) is 5.32. The fourth-order valence-corrected chi connectivity index (χ4v) is 1.54. The molecule has 1 saturated carbocycles. The summed E-state index contributed by atoms with van der Waals surface area (Å²) in [7, 11) is 0. The lowest BCUT2D eigenvalue weighted by atomic mass is 10.0. The van der Waals surface area contributed by atoms with Gasteiger partial charge in [0, 0.05) is 13.0 Å². The maximum absolute atomic E-state index is 11.6. The zero-order valence-corrected chi connectivity index (χ0v) is 9.35. The maximum atomic E-state index is 11.6. The number of carbonyl (C=O) groups is 2. The molecule has 1 rings (SSSR count). The number of hydrogen-bond donors (Lipinski definition) is 1. The summed E-state index contributed by atoms with van der Waals surface area (Å²) in [5.74, 6) is 5.63. The summed E-state index contributed by atoms with van der Waals surface area (Å²) >= 11 is 0. The average Bonchev–Trinajstić information content (AvgIpc) is 2.97. The average molecular weight is 207 g/mol. The van der Waals surface area contributed by atoms with Crippen LogP contribution in [0, 0.1) is 17.3 Å². The molecule has 0 saturated heterocycles. The van der Waals surface area contributed by atoms with E-state index in [1.54, 1.807) is 6.92 Å². The Hall–Kier alpha value is -1.30. The molecule has 3 heteroatoms. The minimum atomic E-state index is -0.670. The normalized spacial score (nSPS) is 16.1. The molecule has 0 spiro atoms. The van der Waals surface area contributed by atoms with Crippen LogP contribution in [0.4, 0.5) is 0 Å². The van der Waals surface area contributed by atoms with Crippen molar-refractivity contribution in [3.05, 3.63) is 0 Å². The Morgan fingerprint density at radius 2 is 2.07 bits per heavy atom. The second kappa shape index (κ2) is 4.97. The van der Waals surface area contributed by atoms with Crippen LogP contribution in [0.2, 0.25) is 0 Å². The first-order valence-corrected chi connectivity index (χ1v) is 5.32. The summed E-state index contributed by atoms with van der Waals surface area (Å²) in [6, 6.07) is 0. The van der Waals surface area contributed by atoms with Gasteiger partial charge in [0.15, 0.2) is 0 Å². The molecule has 0 heterocycles. The molecular weight excluding hydrogens is 190 g/mol. The quantitative estimate of drug-likeness (QED) is 0.419. The Kier molecular flexibility index (Phi) is 3.90. The predicted octanol–water partition coefficient (Wildman–Crippen LogP) is 1.28. The van der Waals surface area contributed by atoms with Gasteiger partial charge in [0.25, 0.3) is 0 Å². The largest absolute Gasteiger partial charge is 0.355 e. The minimum absolute atomic E-state index is 0.00616. The second-order valence-corrected chi connectivity index (χ2v) is 3.92. The fourth-order valence-electron chi connectivity index (χ4n) is 1.54. The predicted molar refractivity (Wildman–Crippen MR) is 58.0 cm³/mol. The third-order valence-corrected chi connectivity index (χ3v) is 2.80. The molecule has 15 heavy (non-hydrogen) atoms. The van der Waals surface area contributed by atoms with E-state index in [4.69, 9.17) is 0 Å². The third-order valence-electron chi connectivity index (χ3n) is 2.80. The van der Waals surface area contributed by atoms with E-state index < -0.39 is 5.41 Å². The van der Waals surface area contributed by atoms with Crippen molar-refractivity contribution >= 4 is 11.7 Å². The fraction of sp³-hybridized carbons (Fsp3) is 0.667. The van der Waals surface area contributed by atoms with Crippen LogP contribution in [-0.2, 0) is 9.59 Å². The summed E-state index contributed by atoms with van der Waals surface area (Å²) in [5, 5.41) is 2.80. The standard InChI is InChI=1S/C12H17NO2/c1-3-4-5-6-9-13-11(15)12(7-8-12)10(2)14/h5-9H2,1-2H3,(H,13,15). The van der Waals surface area contributed by atoms with Crippen LogP contribution in [0.5, 0.6) is 0 Å². The molecule has 0 unspecified atom stereocenters. The number of amides is 1. The highest BCUT2D eigenvalue weighted by Gasteiger charge is 2.53. The number of hydrogen-bond acceptors (Lipinski definition) is 2. The summed E-state index contributed by atoms with van der Waals surface area (Å²) < 4.78 is 0. The van der Waals surface area contributed by atoms with Gasteiger partial charge in [-0.05, 0) is 33.1 Å². The van der Waals surface area contributed by atoms with Crippen LogP contribution in [0.3, 0.4) is 0 Å². The van der Waals surface area contributed by atoms with Gasteiger partial charge in [-0.2, -0.15) is 0 Å². The van der Waals surface area contributed by atoms with E-state index in [0.717, 1.165) is 12.8 Å². The first-order chi connectivity index (χ1) is 7.13. The molecule has 0 aromatic heterocycles. The second-order valence-electron chi connectivity index (χ2n) is 3.92. The van der Waals surface area contributed by atoms with Gasteiger partial charge in [0.2, 0.25) is 5.91 Å². The molecule has 0 atom stereocenters. The minimum Gasteiger partial charge on any atom is -0.355 e. The summed E-state index contributed by atoms with van der Waals surface area (Å²) in [6.45, 7) is 3.91. The number of nitrogens with one attached hydrogen (secondary N) is 1. The first kappa shape index (κ1) is 11.8. The van der Waals surface area contributed by atoms with Gasteiger partial charge in [-0.15, -0.1) is 11.8 Å². The van der Waals surface area contributed by atoms with Gasteiger partial charge in [0.05, 0.1) is 0 Å². The van der Waals surface area contributed by atoms with Gasteiger partial charge >= 0.3 is 0 Å². The molecule has 1 fully saturated rings. The molecule has 1 amide bonds. The van der Waals surface area contributed by atoms with E-state index in [1.165, 1.54) is 6.92 Å². The molecule has 0 bridgehead atoms. The molecular formula is C12H17NO2. The van der Waals surface area contributed by atoms with Gasteiger partial charge in [-0.25, -0.2) is 0 Å². The Balaban J connectivity index is 2.24. The highest BCUT2D eigenvalue weighted by molar-refractivity contribution is 6.07. The van der Waals surface area contributed by atoms with Crippen LogP contribution < -0.4 is 5.32 Å². The third kappa shape index (κ3) is 2.82. The zero-order valence-electron chi connectivity index (χ0n) is 9.35. The summed E-state index contributed by atoms with van der Waals surface area (Å²) in [6.07, 6.45) is 3.07. The van der Waals surface area contributed by atoms with Gasteiger partial charge in [0.1, 0.15) is 11.2 Å². The van der Waals surface area contributed by atoms with Crippen molar-refractivity contribution in [1.82, 2.24) is 5.32 Å². The highest BCUT2D eigenvalue weighted by Crippen LogP contribution is 2.46. The van der Waals surface area contributed by atoms with Crippen LogP contribution in [0.15, 0.2) is 0 Å². The molecule has 82 valence electrons. The summed E-state index contributed by atoms with van der Waals surface area (Å²) in [4.78, 5) is 22.9. The van der Waals surface area contributed by atoms with E-state index in [9.17, 15) is 9.59 Å². The van der Waals surface area contributed by atoms with E-state index in [0.29, 0.717) is 19.4 Å². The number of carbonyl (C=O) groups excluding carboxylic acids is 2. The van der Waals surface area contributed by atoms with Crippen molar-refractivity contribution in [2.45, 2.75) is 39.5 Å². The molecule has 0 radical (unpaired) electrons. The number of rotatable bonds is 5. The van der Waals surface area contributed by atoms with Crippen molar-refractivity contribution in [2.75, 3.05) is 6.54 Å². The zero-order chi connectivity index (χ0) is 11.3. The molecule has 1 aliphatic carbocycles. The van der Waals surface area contributed by atoms with Crippen LogP contribution in [0.25, 0.3) is 0 Å². The molecule has 0 aliphatic heterocycles. The van der Waals surface area contributed by atoms with E-state index in [1.807, 2.05) is 0 Å². The molecule has 3 nitrogen and oxygen atoms in total. The maximum Gasteiger partial charge on any atom is 0.233 e. The van der Waals surface area contributed by atoms with Crippen LogP contribution >= 0.6 is 0 Å².